The Kier molecular flexibility index (Phi) is 11.4. The van der Waals surface area contributed by atoms with Gasteiger partial charge in [0.05, 0.1) is 0 Å². The van der Waals surface area contributed by atoms with Gasteiger partial charge in [0.1, 0.15) is 6.04 Å². The van der Waals surface area contributed by atoms with E-state index >= 15 is 0 Å². The number of benzene rings is 2. The molecule has 32 heavy (non-hydrogen) atoms. The summed E-state index contributed by atoms with van der Waals surface area (Å²) >= 11 is 14.1. The fourth-order valence-electron chi connectivity index (χ4n) is 3.26. The average Bonchev–Trinajstić information content (AvgIpc) is 2.78. The molecular formula is C25H32Cl2N2O2S. The van der Waals surface area contributed by atoms with Gasteiger partial charge in [-0.05, 0) is 43.0 Å². The quantitative estimate of drug-likeness (QED) is 0.350. The Balaban J connectivity index is 2.11. The molecule has 4 nitrogen and oxygen atoms in total. The van der Waals surface area contributed by atoms with Gasteiger partial charge >= 0.3 is 0 Å². The smallest absolute Gasteiger partial charge is 0.243 e. The topological polar surface area (TPSA) is 49.4 Å². The van der Waals surface area contributed by atoms with E-state index in [1.54, 1.807) is 28.8 Å². The molecule has 7 heteroatoms. The molecule has 0 fully saturated rings. The Labute approximate surface area is 206 Å². The van der Waals surface area contributed by atoms with Crippen LogP contribution in [0.2, 0.25) is 10.0 Å². The predicted octanol–water partition coefficient (Wildman–Crippen LogP) is 6.34. The summed E-state index contributed by atoms with van der Waals surface area (Å²) < 4.78 is 0. The summed E-state index contributed by atoms with van der Waals surface area (Å²) in [5.74, 6) is 1.35. The van der Waals surface area contributed by atoms with Gasteiger partial charge in [-0.15, -0.1) is 0 Å². The first-order valence-corrected chi connectivity index (χ1v) is 12.9. The highest BCUT2D eigenvalue weighted by atomic mass is 35.5. The average molecular weight is 496 g/mol. The van der Waals surface area contributed by atoms with Gasteiger partial charge in [0.2, 0.25) is 11.8 Å². The molecule has 0 saturated carbocycles. The number of halogens is 2. The molecular weight excluding hydrogens is 463 g/mol. The SMILES string of the molecule is CCC(C)NC(=O)C(CC)N(Cc1ccc(Cl)cc1Cl)C(=O)CCSCc1ccccc1. The molecule has 1 N–H and O–H groups in total. The zero-order valence-corrected chi connectivity index (χ0v) is 21.3. The lowest BCUT2D eigenvalue weighted by molar-refractivity contribution is -0.141. The standard InChI is InChI=1S/C25H32Cl2N2O2S/c1-4-18(3)28-25(31)23(5-2)29(16-20-11-12-21(26)15-22(20)27)24(30)13-14-32-17-19-9-7-6-8-10-19/h6-12,15,18,23H,4-5,13-14,16-17H2,1-3H3,(H,28,31). The summed E-state index contributed by atoms with van der Waals surface area (Å²) in [4.78, 5) is 27.9. The molecule has 0 aliphatic heterocycles. The number of thioether (sulfide) groups is 1. The second-order valence-electron chi connectivity index (χ2n) is 7.79. The summed E-state index contributed by atoms with van der Waals surface area (Å²) in [6, 6.07) is 14.9. The lowest BCUT2D eigenvalue weighted by Crippen LogP contribution is -2.50. The first-order chi connectivity index (χ1) is 15.3. The fraction of sp³-hybridized carbons (Fsp3) is 0.440. The van der Waals surface area contributed by atoms with E-state index in [0.717, 1.165) is 17.7 Å². The van der Waals surface area contributed by atoms with Gasteiger partial charge in [0, 0.05) is 40.6 Å². The lowest BCUT2D eigenvalue weighted by Gasteiger charge is -2.31. The third-order valence-corrected chi connectivity index (χ3v) is 6.93. The van der Waals surface area contributed by atoms with Gasteiger partial charge < -0.3 is 10.2 Å². The van der Waals surface area contributed by atoms with Crippen molar-refractivity contribution in [2.24, 2.45) is 0 Å². The zero-order valence-electron chi connectivity index (χ0n) is 18.9. The van der Waals surface area contributed by atoms with Crippen molar-refractivity contribution in [3.63, 3.8) is 0 Å². The van der Waals surface area contributed by atoms with Crippen molar-refractivity contribution in [3.05, 3.63) is 69.7 Å². The number of nitrogens with zero attached hydrogens (tertiary/aromatic N) is 1. The Morgan fingerprint density at radius 2 is 1.78 bits per heavy atom. The first-order valence-electron chi connectivity index (χ1n) is 11.0. The summed E-state index contributed by atoms with van der Waals surface area (Å²) in [6.45, 7) is 6.18. The molecule has 0 heterocycles. The number of hydrogen-bond donors (Lipinski definition) is 1. The predicted molar refractivity (Wildman–Crippen MR) is 136 cm³/mol. The number of carbonyl (C=O) groups is 2. The van der Waals surface area contributed by atoms with Crippen LogP contribution in [0.4, 0.5) is 0 Å². The van der Waals surface area contributed by atoms with Gasteiger partial charge in [0.15, 0.2) is 0 Å². The van der Waals surface area contributed by atoms with Crippen LogP contribution in [0.25, 0.3) is 0 Å². The molecule has 0 aliphatic rings. The molecule has 0 bridgehead atoms. The minimum absolute atomic E-state index is 0.0500. The molecule has 2 amide bonds. The summed E-state index contributed by atoms with van der Waals surface area (Å²) in [5.41, 5.74) is 2.00. The van der Waals surface area contributed by atoms with Crippen LogP contribution in [-0.4, -0.2) is 34.6 Å². The van der Waals surface area contributed by atoms with E-state index in [4.69, 9.17) is 23.2 Å². The van der Waals surface area contributed by atoms with Crippen LogP contribution in [0, 0.1) is 0 Å². The van der Waals surface area contributed by atoms with E-state index in [1.165, 1.54) is 5.56 Å². The van der Waals surface area contributed by atoms with E-state index in [9.17, 15) is 9.59 Å². The van der Waals surface area contributed by atoms with E-state index < -0.39 is 6.04 Å². The number of amides is 2. The number of nitrogens with one attached hydrogen (secondary N) is 1. The van der Waals surface area contributed by atoms with Crippen LogP contribution in [0.5, 0.6) is 0 Å². The molecule has 2 aromatic rings. The third kappa shape index (κ3) is 8.34. The largest absolute Gasteiger partial charge is 0.352 e. The first kappa shape index (κ1) is 26.6. The zero-order chi connectivity index (χ0) is 23.5. The van der Waals surface area contributed by atoms with E-state index in [0.29, 0.717) is 28.6 Å². The van der Waals surface area contributed by atoms with Crippen molar-refractivity contribution in [1.82, 2.24) is 10.2 Å². The van der Waals surface area contributed by atoms with Gasteiger partial charge in [-0.2, -0.15) is 11.8 Å². The minimum Gasteiger partial charge on any atom is -0.352 e. The Hall–Kier alpha value is -1.69. The Bertz CT molecular complexity index is 880. The van der Waals surface area contributed by atoms with Gasteiger partial charge in [0.25, 0.3) is 0 Å². The molecule has 0 radical (unpaired) electrons. The molecule has 2 aromatic carbocycles. The van der Waals surface area contributed by atoms with Crippen molar-refractivity contribution in [1.29, 1.82) is 0 Å². The van der Waals surface area contributed by atoms with Crippen molar-refractivity contribution >= 4 is 46.8 Å². The monoisotopic (exact) mass is 494 g/mol. The second-order valence-corrected chi connectivity index (χ2v) is 9.74. The maximum Gasteiger partial charge on any atom is 0.243 e. The molecule has 0 saturated heterocycles. The van der Waals surface area contributed by atoms with E-state index in [1.807, 2.05) is 45.0 Å². The van der Waals surface area contributed by atoms with E-state index in [2.05, 4.69) is 17.4 Å². The Morgan fingerprint density at radius 3 is 2.41 bits per heavy atom. The fourth-order valence-corrected chi connectivity index (χ4v) is 4.62. The molecule has 2 atom stereocenters. The van der Waals surface area contributed by atoms with Crippen molar-refractivity contribution < 1.29 is 9.59 Å². The van der Waals surface area contributed by atoms with Crippen LogP contribution in [0.15, 0.2) is 48.5 Å². The van der Waals surface area contributed by atoms with Crippen LogP contribution >= 0.6 is 35.0 Å². The van der Waals surface area contributed by atoms with Crippen molar-refractivity contribution in [3.8, 4) is 0 Å². The van der Waals surface area contributed by atoms with Crippen LogP contribution < -0.4 is 5.32 Å². The molecule has 0 aliphatic carbocycles. The van der Waals surface area contributed by atoms with Crippen LogP contribution in [0.3, 0.4) is 0 Å². The normalized spacial score (nSPS) is 12.8. The van der Waals surface area contributed by atoms with Gasteiger partial charge in [-0.1, -0.05) is 73.4 Å². The van der Waals surface area contributed by atoms with Crippen molar-refractivity contribution in [2.45, 2.75) is 64.4 Å². The number of hydrogen-bond acceptors (Lipinski definition) is 3. The van der Waals surface area contributed by atoms with Gasteiger partial charge in [-0.3, -0.25) is 9.59 Å². The molecule has 174 valence electrons. The molecule has 0 aromatic heterocycles. The number of rotatable bonds is 12. The third-order valence-electron chi connectivity index (χ3n) is 5.31. The highest BCUT2D eigenvalue weighted by Gasteiger charge is 2.29. The molecule has 2 rings (SSSR count). The summed E-state index contributed by atoms with van der Waals surface area (Å²) in [7, 11) is 0. The summed E-state index contributed by atoms with van der Waals surface area (Å²) in [6.07, 6.45) is 1.71. The summed E-state index contributed by atoms with van der Waals surface area (Å²) in [5, 5.41) is 4.05. The lowest BCUT2D eigenvalue weighted by atomic mass is 10.1. The van der Waals surface area contributed by atoms with Crippen molar-refractivity contribution in [2.75, 3.05) is 5.75 Å². The van der Waals surface area contributed by atoms with Gasteiger partial charge in [-0.25, -0.2) is 0 Å². The second kappa shape index (κ2) is 13.8. The molecule has 0 spiro atoms. The number of carbonyl (C=O) groups excluding carboxylic acids is 2. The Morgan fingerprint density at radius 1 is 1.06 bits per heavy atom. The van der Waals surface area contributed by atoms with Crippen LogP contribution in [0.1, 0.15) is 51.2 Å². The van der Waals surface area contributed by atoms with E-state index in [-0.39, 0.29) is 24.4 Å². The highest BCUT2D eigenvalue weighted by molar-refractivity contribution is 7.98. The highest BCUT2D eigenvalue weighted by Crippen LogP contribution is 2.24. The maximum atomic E-state index is 13.3. The maximum absolute atomic E-state index is 13.3. The molecule has 2 unspecified atom stereocenters. The minimum atomic E-state index is -0.553. The van der Waals surface area contributed by atoms with Crippen LogP contribution in [-0.2, 0) is 21.9 Å².